The van der Waals surface area contributed by atoms with Crippen LogP contribution in [0.2, 0.25) is 0 Å². The van der Waals surface area contributed by atoms with Crippen LogP contribution in [0.15, 0.2) is 35.4 Å². The van der Waals surface area contributed by atoms with Crippen LogP contribution in [0.1, 0.15) is 35.0 Å². The SMILES string of the molecule is Cc1c(C(=O)N2CCN(c3ccccc3F)CC2)sc2ncn(CC(=O)N3CCC(C)CC3)c(=O)c12. The molecular weight excluding hydrogens is 481 g/mol. The first-order valence-corrected chi connectivity index (χ1v) is 13.2. The van der Waals surface area contributed by atoms with E-state index in [0.29, 0.717) is 71.5 Å². The molecule has 2 saturated heterocycles. The number of benzene rings is 1. The number of fused-ring (bicyclic) bond motifs is 1. The van der Waals surface area contributed by atoms with Gasteiger partial charge in [0.2, 0.25) is 5.91 Å². The van der Waals surface area contributed by atoms with Gasteiger partial charge in [0.25, 0.3) is 11.5 Å². The quantitative estimate of drug-likeness (QED) is 0.538. The molecule has 8 nitrogen and oxygen atoms in total. The predicted octanol–water partition coefficient (Wildman–Crippen LogP) is 3.13. The molecule has 2 aliphatic rings. The molecule has 2 aliphatic heterocycles. The fraction of sp³-hybridized carbons (Fsp3) is 0.462. The van der Waals surface area contributed by atoms with Crippen LogP contribution >= 0.6 is 11.3 Å². The number of carbonyl (C=O) groups is 2. The number of amides is 2. The third-order valence-corrected chi connectivity index (χ3v) is 8.50. The molecule has 0 unspecified atom stereocenters. The maximum absolute atomic E-state index is 14.2. The molecule has 1 aromatic carbocycles. The lowest BCUT2D eigenvalue weighted by atomic mass is 9.99. The van der Waals surface area contributed by atoms with Crippen molar-refractivity contribution in [1.29, 1.82) is 0 Å². The lowest BCUT2D eigenvalue weighted by Crippen LogP contribution is -2.49. The number of anilines is 1. The summed E-state index contributed by atoms with van der Waals surface area (Å²) in [6, 6.07) is 6.65. The van der Waals surface area contributed by atoms with Gasteiger partial charge in [-0.25, -0.2) is 9.37 Å². The minimum Gasteiger partial charge on any atom is -0.366 e. The van der Waals surface area contributed by atoms with Crippen LogP contribution < -0.4 is 10.5 Å². The van der Waals surface area contributed by atoms with Crippen LogP contribution in [0, 0.1) is 18.7 Å². The van der Waals surface area contributed by atoms with E-state index in [1.54, 1.807) is 30.0 Å². The summed E-state index contributed by atoms with van der Waals surface area (Å²) in [5, 5.41) is 0.399. The third kappa shape index (κ3) is 4.61. The van der Waals surface area contributed by atoms with Gasteiger partial charge in [-0.05, 0) is 43.4 Å². The Labute approximate surface area is 212 Å². The molecule has 0 bridgehead atoms. The molecule has 2 amide bonds. The zero-order valence-corrected chi connectivity index (χ0v) is 21.4. The number of piperidine rings is 1. The average Bonchev–Trinajstić information content (AvgIpc) is 3.23. The van der Waals surface area contributed by atoms with Crippen molar-refractivity contribution in [3.63, 3.8) is 0 Å². The number of aromatic nitrogens is 2. The van der Waals surface area contributed by atoms with Gasteiger partial charge in [-0.1, -0.05) is 19.1 Å². The number of aryl methyl sites for hydroxylation is 1. The van der Waals surface area contributed by atoms with Crippen LogP contribution in [0.3, 0.4) is 0 Å². The van der Waals surface area contributed by atoms with E-state index < -0.39 is 0 Å². The Hall–Kier alpha value is -3.27. The highest BCUT2D eigenvalue weighted by atomic mass is 32.1. The van der Waals surface area contributed by atoms with Gasteiger partial charge in [-0.15, -0.1) is 11.3 Å². The summed E-state index contributed by atoms with van der Waals surface area (Å²) in [5.74, 6) is 0.116. The van der Waals surface area contributed by atoms with Crippen molar-refractivity contribution in [3.8, 4) is 0 Å². The summed E-state index contributed by atoms with van der Waals surface area (Å²) in [7, 11) is 0. The molecule has 4 heterocycles. The van der Waals surface area contributed by atoms with Gasteiger partial charge in [0.1, 0.15) is 17.2 Å². The van der Waals surface area contributed by atoms with Gasteiger partial charge in [0.15, 0.2) is 0 Å². The topological polar surface area (TPSA) is 78.8 Å². The number of rotatable bonds is 4. The summed E-state index contributed by atoms with van der Waals surface area (Å²) in [4.78, 5) is 50.3. The largest absolute Gasteiger partial charge is 0.366 e. The predicted molar refractivity (Wildman–Crippen MR) is 138 cm³/mol. The van der Waals surface area contributed by atoms with E-state index in [-0.39, 0.29) is 29.7 Å². The van der Waals surface area contributed by atoms with Crippen molar-refractivity contribution >= 4 is 39.1 Å². The van der Waals surface area contributed by atoms with E-state index >= 15 is 0 Å². The molecule has 0 N–H and O–H groups in total. The van der Waals surface area contributed by atoms with Crippen LogP contribution in [-0.2, 0) is 11.3 Å². The molecule has 2 fully saturated rings. The molecule has 0 atom stereocenters. The van der Waals surface area contributed by atoms with Crippen LogP contribution in [0.5, 0.6) is 0 Å². The number of hydrogen-bond donors (Lipinski definition) is 0. The standard InChI is InChI=1S/C26H30FN5O3S/c1-17-7-9-30(10-8-17)21(33)15-32-16-28-24-22(25(32)34)18(2)23(36-24)26(35)31-13-11-29(12-14-31)20-6-4-3-5-19(20)27/h3-6,16-17H,7-15H2,1-2H3. The van der Waals surface area contributed by atoms with Crippen LogP contribution in [0.4, 0.5) is 10.1 Å². The lowest BCUT2D eigenvalue weighted by Gasteiger charge is -2.36. The molecule has 10 heteroatoms. The normalized spacial score (nSPS) is 17.1. The number of nitrogens with zero attached hydrogens (tertiary/aromatic N) is 5. The molecular formula is C26H30FN5O3S. The Morgan fingerprint density at radius 3 is 2.44 bits per heavy atom. The minimum absolute atomic E-state index is 0.0489. The number of halogens is 1. The van der Waals surface area contributed by atoms with E-state index in [0.717, 1.165) is 12.8 Å². The summed E-state index contributed by atoms with van der Waals surface area (Å²) in [6.07, 6.45) is 3.36. The van der Waals surface area contributed by atoms with Crippen molar-refractivity contribution < 1.29 is 14.0 Å². The number of carbonyl (C=O) groups excluding carboxylic acids is 2. The third-order valence-electron chi connectivity index (χ3n) is 7.31. The van der Waals surface area contributed by atoms with Gasteiger partial charge in [0, 0.05) is 39.3 Å². The molecule has 190 valence electrons. The van der Waals surface area contributed by atoms with Crippen molar-refractivity contribution in [2.24, 2.45) is 5.92 Å². The fourth-order valence-electron chi connectivity index (χ4n) is 4.98. The number of likely N-dealkylation sites (tertiary alicyclic amines) is 1. The smallest absolute Gasteiger partial charge is 0.264 e. The van der Waals surface area contributed by atoms with E-state index in [1.807, 2.05) is 9.80 Å². The van der Waals surface area contributed by atoms with Crippen molar-refractivity contribution in [3.05, 3.63) is 57.2 Å². The minimum atomic E-state index is -0.295. The van der Waals surface area contributed by atoms with Crippen molar-refractivity contribution in [2.75, 3.05) is 44.2 Å². The molecule has 36 heavy (non-hydrogen) atoms. The number of para-hydroxylation sites is 1. The summed E-state index contributed by atoms with van der Waals surface area (Å²) < 4.78 is 15.5. The van der Waals surface area contributed by atoms with Gasteiger partial charge < -0.3 is 14.7 Å². The number of piperazine rings is 1. The second kappa shape index (κ2) is 10.0. The Kier molecular flexibility index (Phi) is 6.79. The molecule has 2 aromatic heterocycles. The fourth-order valence-corrected chi connectivity index (χ4v) is 6.09. The first-order valence-electron chi connectivity index (χ1n) is 12.4. The monoisotopic (exact) mass is 511 g/mol. The maximum Gasteiger partial charge on any atom is 0.264 e. The second-order valence-electron chi connectivity index (χ2n) is 9.71. The van der Waals surface area contributed by atoms with Crippen LogP contribution in [0.25, 0.3) is 10.2 Å². The molecule has 0 radical (unpaired) electrons. The maximum atomic E-state index is 14.2. The van der Waals surface area contributed by atoms with E-state index in [2.05, 4.69) is 11.9 Å². The van der Waals surface area contributed by atoms with Gasteiger partial charge >= 0.3 is 0 Å². The molecule has 0 aliphatic carbocycles. The van der Waals surface area contributed by atoms with E-state index in [4.69, 9.17) is 0 Å². The van der Waals surface area contributed by atoms with E-state index in [1.165, 1.54) is 28.3 Å². The Morgan fingerprint density at radius 1 is 1.06 bits per heavy atom. The lowest BCUT2D eigenvalue weighted by molar-refractivity contribution is -0.133. The summed E-state index contributed by atoms with van der Waals surface area (Å²) in [6.45, 7) is 7.30. The van der Waals surface area contributed by atoms with Crippen molar-refractivity contribution in [1.82, 2.24) is 19.4 Å². The van der Waals surface area contributed by atoms with Crippen molar-refractivity contribution in [2.45, 2.75) is 33.2 Å². The first kappa shape index (κ1) is 24.4. The van der Waals surface area contributed by atoms with E-state index in [9.17, 15) is 18.8 Å². The molecule has 3 aromatic rings. The Morgan fingerprint density at radius 2 is 1.75 bits per heavy atom. The zero-order chi connectivity index (χ0) is 25.4. The van der Waals surface area contributed by atoms with Gasteiger partial charge in [-0.3, -0.25) is 19.0 Å². The highest BCUT2D eigenvalue weighted by Gasteiger charge is 2.28. The van der Waals surface area contributed by atoms with Gasteiger partial charge in [-0.2, -0.15) is 0 Å². The zero-order valence-electron chi connectivity index (χ0n) is 20.6. The molecule has 5 rings (SSSR count). The number of hydrogen-bond acceptors (Lipinski definition) is 6. The molecule has 0 saturated carbocycles. The summed E-state index contributed by atoms with van der Waals surface area (Å²) in [5.41, 5.74) is 0.847. The highest BCUT2D eigenvalue weighted by molar-refractivity contribution is 7.20. The first-order chi connectivity index (χ1) is 17.3. The highest BCUT2D eigenvalue weighted by Crippen LogP contribution is 2.29. The van der Waals surface area contributed by atoms with Gasteiger partial charge in [0.05, 0.1) is 22.3 Å². The Balaban J connectivity index is 1.31. The Bertz CT molecular complexity index is 1350. The summed E-state index contributed by atoms with van der Waals surface area (Å²) >= 11 is 1.21. The molecule has 0 spiro atoms. The average molecular weight is 512 g/mol. The van der Waals surface area contributed by atoms with Crippen LogP contribution in [-0.4, -0.2) is 70.4 Å². The number of thiophene rings is 1. The second-order valence-corrected chi connectivity index (χ2v) is 10.7.